The number of fused-ring (bicyclic) bond motifs is 1. The predicted octanol–water partition coefficient (Wildman–Crippen LogP) is 1.65. The summed E-state index contributed by atoms with van der Waals surface area (Å²) in [6, 6.07) is 9.28. The van der Waals surface area contributed by atoms with E-state index in [-0.39, 0.29) is 19.2 Å². The fourth-order valence-corrected chi connectivity index (χ4v) is 1.98. The summed E-state index contributed by atoms with van der Waals surface area (Å²) in [6.07, 6.45) is 3.77. The Morgan fingerprint density at radius 1 is 1.20 bits per heavy atom. The summed E-state index contributed by atoms with van der Waals surface area (Å²) in [4.78, 5) is 12.0. The molecule has 3 rings (SSSR count). The summed E-state index contributed by atoms with van der Waals surface area (Å²) >= 11 is 0. The molecule has 0 fully saturated rings. The van der Waals surface area contributed by atoms with Crippen molar-refractivity contribution in [1.29, 1.82) is 0 Å². The topological polar surface area (TPSA) is 51.4 Å². The molecule has 1 aromatic heterocycles. The van der Waals surface area contributed by atoms with Crippen molar-refractivity contribution in [2.75, 3.05) is 12.1 Å². The van der Waals surface area contributed by atoms with Gasteiger partial charge in [-0.2, -0.15) is 4.57 Å². The molecule has 1 aliphatic rings. The van der Waals surface area contributed by atoms with Crippen molar-refractivity contribution in [2.24, 2.45) is 0 Å². The summed E-state index contributed by atoms with van der Waals surface area (Å²) in [5.41, 5.74) is 1.87. The van der Waals surface area contributed by atoms with Gasteiger partial charge < -0.3 is 14.8 Å². The molecule has 1 N–H and O–H groups in total. The number of hydrogen-bond donors (Lipinski definition) is 1. The summed E-state index contributed by atoms with van der Waals surface area (Å²) in [6.45, 7) is 2.51. The summed E-state index contributed by atoms with van der Waals surface area (Å²) in [7, 11) is 0. The molecule has 1 amide bonds. The second-order valence-electron chi connectivity index (χ2n) is 4.66. The number of hydrogen-bond acceptors (Lipinski definition) is 3. The van der Waals surface area contributed by atoms with Gasteiger partial charge in [0.25, 0.3) is 5.91 Å². The number of rotatable bonds is 3. The molecule has 1 aliphatic heterocycles. The third-order valence-electron chi connectivity index (χ3n) is 3.04. The summed E-state index contributed by atoms with van der Waals surface area (Å²) in [5, 5.41) is 2.84. The number of aryl methyl sites for hydroxylation is 1. The molecule has 0 bridgehead atoms. The van der Waals surface area contributed by atoms with Crippen LogP contribution >= 0.6 is 0 Å². The van der Waals surface area contributed by atoms with Crippen LogP contribution in [0.5, 0.6) is 11.5 Å². The summed E-state index contributed by atoms with van der Waals surface area (Å²) < 4.78 is 12.3. The highest BCUT2D eigenvalue weighted by molar-refractivity contribution is 5.90. The highest BCUT2D eigenvalue weighted by Crippen LogP contribution is 2.34. The van der Waals surface area contributed by atoms with Crippen LogP contribution in [0, 0.1) is 6.92 Å². The zero-order chi connectivity index (χ0) is 13.9. The third-order valence-corrected chi connectivity index (χ3v) is 3.04. The number of pyridine rings is 1. The van der Waals surface area contributed by atoms with E-state index in [1.54, 1.807) is 18.2 Å². The number of benzene rings is 1. The van der Waals surface area contributed by atoms with Crippen molar-refractivity contribution < 1.29 is 18.8 Å². The largest absolute Gasteiger partial charge is 0.454 e. The second kappa shape index (κ2) is 5.21. The Hall–Kier alpha value is -2.56. The fraction of sp³-hybridized carbons (Fsp3) is 0.200. The SMILES string of the molecule is Cc1cc[n+](CC(=O)Nc2ccc3c(c2)OCO3)cc1. The van der Waals surface area contributed by atoms with E-state index >= 15 is 0 Å². The van der Waals surface area contributed by atoms with Crippen molar-refractivity contribution in [3.05, 3.63) is 48.3 Å². The Labute approximate surface area is 116 Å². The lowest BCUT2D eigenvalue weighted by atomic mass is 10.2. The molecule has 0 unspecified atom stereocenters. The maximum atomic E-state index is 12.0. The molecule has 0 aliphatic carbocycles. The van der Waals surface area contributed by atoms with Crippen LogP contribution in [0.25, 0.3) is 0 Å². The molecule has 5 heteroatoms. The van der Waals surface area contributed by atoms with Gasteiger partial charge in [-0.3, -0.25) is 4.79 Å². The predicted molar refractivity (Wildman–Crippen MR) is 72.6 cm³/mol. The Balaban J connectivity index is 1.65. The van der Waals surface area contributed by atoms with E-state index in [4.69, 9.17) is 9.47 Å². The Morgan fingerprint density at radius 2 is 1.95 bits per heavy atom. The number of nitrogens with zero attached hydrogens (tertiary/aromatic N) is 1. The fourth-order valence-electron chi connectivity index (χ4n) is 1.98. The van der Waals surface area contributed by atoms with E-state index < -0.39 is 0 Å². The Bertz CT molecular complexity index is 638. The van der Waals surface area contributed by atoms with Crippen molar-refractivity contribution in [2.45, 2.75) is 13.5 Å². The highest BCUT2D eigenvalue weighted by atomic mass is 16.7. The van der Waals surface area contributed by atoms with Gasteiger partial charge >= 0.3 is 0 Å². The molecule has 0 spiro atoms. The van der Waals surface area contributed by atoms with Gasteiger partial charge in [-0.25, -0.2) is 0 Å². The standard InChI is InChI=1S/C15H14N2O3/c1-11-4-6-17(7-5-11)9-15(18)16-12-2-3-13-14(8-12)20-10-19-13/h2-8H,9-10H2,1H3/p+1. The average Bonchev–Trinajstić information content (AvgIpc) is 2.89. The van der Waals surface area contributed by atoms with Crippen molar-refractivity contribution in [3.63, 3.8) is 0 Å². The molecule has 0 radical (unpaired) electrons. The second-order valence-corrected chi connectivity index (χ2v) is 4.66. The van der Waals surface area contributed by atoms with Crippen molar-refractivity contribution in [3.8, 4) is 11.5 Å². The third kappa shape index (κ3) is 2.71. The van der Waals surface area contributed by atoms with Crippen LogP contribution in [0.3, 0.4) is 0 Å². The van der Waals surface area contributed by atoms with E-state index in [0.29, 0.717) is 17.2 Å². The molecule has 2 heterocycles. The first-order valence-electron chi connectivity index (χ1n) is 6.36. The van der Waals surface area contributed by atoms with Crippen LogP contribution in [0.2, 0.25) is 0 Å². The molecule has 20 heavy (non-hydrogen) atoms. The normalized spacial score (nSPS) is 12.2. The van der Waals surface area contributed by atoms with Gasteiger partial charge in [0.1, 0.15) is 0 Å². The van der Waals surface area contributed by atoms with E-state index in [1.165, 1.54) is 0 Å². The van der Waals surface area contributed by atoms with Crippen LogP contribution in [0.15, 0.2) is 42.7 Å². The van der Waals surface area contributed by atoms with Gasteiger partial charge in [0, 0.05) is 23.9 Å². The summed E-state index contributed by atoms with van der Waals surface area (Å²) in [5.74, 6) is 1.28. The first-order valence-corrected chi connectivity index (χ1v) is 6.36. The molecule has 5 nitrogen and oxygen atoms in total. The monoisotopic (exact) mass is 271 g/mol. The van der Waals surface area contributed by atoms with Crippen LogP contribution < -0.4 is 19.4 Å². The molecule has 102 valence electrons. The van der Waals surface area contributed by atoms with Gasteiger partial charge in [0.2, 0.25) is 13.3 Å². The number of ether oxygens (including phenoxy) is 2. The highest BCUT2D eigenvalue weighted by Gasteiger charge is 2.15. The molecule has 0 saturated heterocycles. The number of carbonyl (C=O) groups is 1. The quantitative estimate of drug-likeness (QED) is 0.864. The lowest BCUT2D eigenvalue weighted by Gasteiger charge is -2.04. The zero-order valence-corrected chi connectivity index (χ0v) is 11.1. The van der Waals surface area contributed by atoms with Gasteiger partial charge in [-0.1, -0.05) is 0 Å². The first-order chi connectivity index (χ1) is 9.70. The maximum Gasteiger partial charge on any atom is 0.290 e. The lowest BCUT2D eigenvalue weighted by molar-refractivity contribution is -0.684. The van der Waals surface area contributed by atoms with Crippen molar-refractivity contribution in [1.82, 2.24) is 0 Å². The van der Waals surface area contributed by atoms with Crippen molar-refractivity contribution >= 4 is 11.6 Å². The van der Waals surface area contributed by atoms with Crippen LogP contribution in [-0.4, -0.2) is 12.7 Å². The zero-order valence-electron chi connectivity index (χ0n) is 11.1. The molecular formula is C15H15N2O3+. The number of carbonyl (C=O) groups excluding carboxylic acids is 1. The van der Waals surface area contributed by atoms with E-state index in [2.05, 4.69) is 5.32 Å². The smallest absolute Gasteiger partial charge is 0.290 e. The first kappa shape index (κ1) is 12.5. The molecule has 0 atom stereocenters. The Kier molecular flexibility index (Phi) is 3.25. The maximum absolute atomic E-state index is 12.0. The van der Waals surface area contributed by atoms with Crippen LogP contribution in [0.4, 0.5) is 5.69 Å². The minimum absolute atomic E-state index is 0.0854. The minimum Gasteiger partial charge on any atom is -0.454 e. The van der Waals surface area contributed by atoms with Crippen LogP contribution in [0.1, 0.15) is 5.56 Å². The van der Waals surface area contributed by atoms with E-state index in [1.807, 2.05) is 36.0 Å². The lowest BCUT2D eigenvalue weighted by Crippen LogP contribution is -2.39. The number of anilines is 1. The minimum atomic E-state index is -0.0854. The Morgan fingerprint density at radius 3 is 2.75 bits per heavy atom. The molecule has 2 aromatic rings. The number of nitrogens with one attached hydrogen (secondary N) is 1. The number of amides is 1. The van der Waals surface area contributed by atoms with Crippen LogP contribution in [-0.2, 0) is 11.3 Å². The average molecular weight is 271 g/mol. The number of aromatic nitrogens is 1. The van der Waals surface area contributed by atoms with Gasteiger partial charge in [0.05, 0.1) is 0 Å². The molecule has 1 aromatic carbocycles. The van der Waals surface area contributed by atoms with Gasteiger partial charge in [0.15, 0.2) is 23.9 Å². The van der Waals surface area contributed by atoms with E-state index in [9.17, 15) is 4.79 Å². The van der Waals surface area contributed by atoms with Gasteiger partial charge in [-0.05, 0) is 24.6 Å². The molecular weight excluding hydrogens is 256 g/mol. The molecule has 0 saturated carbocycles. The van der Waals surface area contributed by atoms with Gasteiger partial charge in [-0.15, -0.1) is 0 Å². The van der Waals surface area contributed by atoms with E-state index in [0.717, 1.165) is 5.56 Å².